The van der Waals surface area contributed by atoms with Crippen molar-refractivity contribution >= 4 is 39.1 Å². The Labute approximate surface area is 137 Å². The van der Waals surface area contributed by atoms with E-state index in [0.29, 0.717) is 10.0 Å². The molecule has 0 aliphatic carbocycles. The summed E-state index contributed by atoms with van der Waals surface area (Å²) in [5.41, 5.74) is 1.92. The fraction of sp³-hybridized carbons (Fsp3) is 0.200. The van der Waals surface area contributed by atoms with Gasteiger partial charge in [0.15, 0.2) is 0 Å². The van der Waals surface area contributed by atoms with Crippen molar-refractivity contribution in [3.8, 4) is 5.75 Å². The van der Waals surface area contributed by atoms with Crippen molar-refractivity contribution in [1.29, 1.82) is 0 Å². The Kier molecular flexibility index (Phi) is 5.33. The molecule has 0 heterocycles. The SMILES string of the molecule is CNC(c1ccc(OC)cc1Cl)c1cc(Br)ccc1Cl. The van der Waals surface area contributed by atoms with Crippen LogP contribution in [0.25, 0.3) is 0 Å². The lowest BCUT2D eigenvalue weighted by molar-refractivity contribution is 0.414. The van der Waals surface area contributed by atoms with Crippen LogP contribution in [0.2, 0.25) is 10.0 Å². The zero-order chi connectivity index (χ0) is 14.7. The normalized spacial score (nSPS) is 12.2. The molecular formula is C15H14BrCl2NO. The summed E-state index contributed by atoms with van der Waals surface area (Å²) >= 11 is 16.1. The fourth-order valence-electron chi connectivity index (χ4n) is 2.08. The molecular weight excluding hydrogens is 361 g/mol. The quantitative estimate of drug-likeness (QED) is 0.806. The van der Waals surface area contributed by atoms with Gasteiger partial charge in [-0.2, -0.15) is 0 Å². The monoisotopic (exact) mass is 373 g/mol. The van der Waals surface area contributed by atoms with E-state index in [1.165, 1.54) is 0 Å². The van der Waals surface area contributed by atoms with Gasteiger partial charge in [0.05, 0.1) is 13.2 Å². The third-order valence-electron chi connectivity index (χ3n) is 3.08. The van der Waals surface area contributed by atoms with E-state index >= 15 is 0 Å². The molecule has 0 radical (unpaired) electrons. The summed E-state index contributed by atoms with van der Waals surface area (Å²) in [5, 5.41) is 4.58. The summed E-state index contributed by atoms with van der Waals surface area (Å²) in [7, 11) is 3.49. The second-order valence-corrected chi connectivity index (χ2v) is 6.01. The summed E-state index contributed by atoms with van der Waals surface area (Å²) in [5.74, 6) is 0.731. The molecule has 0 saturated heterocycles. The lowest BCUT2D eigenvalue weighted by Crippen LogP contribution is -2.18. The van der Waals surface area contributed by atoms with Crippen LogP contribution < -0.4 is 10.1 Å². The Morgan fingerprint density at radius 3 is 2.40 bits per heavy atom. The van der Waals surface area contributed by atoms with Gasteiger partial charge in [0.1, 0.15) is 5.75 Å². The van der Waals surface area contributed by atoms with Gasteiger partial charge < -0.3 is 10.1 Å². The highest BCUT2D eigenvalue weighted by Crippen LogP contribution is 2.35. The number of hydrogen-bond acceptors (Lipinski definition) is 2. The molecule has 2 nitrogen and oxygen atoms in total. The minimum Gasteiger partial charge on any atom is -0.497 e. The molecule has 0 spiro atoms. The molecule has 1 atom stereocenters. The molecule has 0 amide bonds. The number of hydrogen-bond donors (Lipinski definition) is 1. The minimum atomic E-state index is -0.0848. The predicted molar refractivity (Wildman–Crippen MR) is 88.1 cm³/mol. The van der Waals surface area contributed by atoms with Crippen LogP contribution in [0.1, 0.15) is 17.2 Å². The molecule has 106 valence electrons. The molecule has 2 aromatic carbocycles. The lowest BCUT2D eigenvalue weighted by Gasteiger charge is -2.20. The first-order valence-corrected chi connectivity index (χ1v) is 7.57. The Balaban J connectivity index is 2.49. The van der Waals surface area contributed by atoms with Gasteiger partial charge in [0.2, 0.25) is 0 Å². The summed E-state index contributed by atoms with van der Waals surface area (Å²) in [6, 6.07) is 11.3. The number of ether oxygens (including phenoxy) is 1. The second kappa shape index (κ2) is 6.81. The van der Waals surface area contributed by atoms with Crippen LogP contribution in [0.15, 0.2) is 40.9 Å². The highest BCUT2D eigenvalue weighted by molar-refractivity contribution is 9.10. The molecule has 5 heteroatoms. The average Bonchev–Trinajstić information content (AvgIpc) is 2.44. The molecule has 20 heavy (non-hydrogen) atoms. The van der Waals surface area contributed by atoms with E-state index in [4.69, 9.17) is 27.9 Å². The van der Waals surface area contributed by atoms with Crippen LogP contribution in [0.5, 0.6) is 5.75 Å². The average molecular weight is 375 g/mol. The van der Waals surface area contributed by atoms with Gasteiger partial charge in [-0.1, -0.05) is 45.2 Å². The van der Waals surface area contributed by atoms with E-state index in [-0.39, 0.29) is 6.04 Å². The van der Waals surface area contributed by atoms with E-state index in [9.17, 15) is 0 Å². The highest BCUT2D eigenvalue weighted by atomic mass is 79.9. The molecule has 2 aromatic rings. The van der Waals surface area contributed by atoms with Gasteiger partial charge in [-0.15, -0.1) is 0 Å². The van der Waals surface area contributed by atoms with E-state index in [2.05, 4.69) is 21.2 Å². The third-order valence-corrected chi connectivity index (χ3v) is 4.24. The van der Waals surface area contributed by atoms with E-state index in [1.807, 2.05) is 37.4 Å². The van der Waals surface area contributed by atoms with Gasteiger partial charge in [-0.05, 0) is 48.5 Å². The Bertz CT molecular complexity index is 619. The topological polar surface area (TPSA) is 21.3 Å². The number of methoxy groups -OCH3 is 1. The van der Waals surface area contributed by atoms with Gasteiger partial charge >= 0.3 is 0 Å². The van der Waals surface area contributed by atoms with Crippen molar-refractivity contribution in [1.82, 2.24) is 5.32 Å². The minimum absolute atomic E-state index is 0.0848. The third kappa shape index (κ3) is 3.29. The molecule has 0 saturated carbocycles. The molecule has 0 bridgehead atoms. The predicted octanol–water partition coefficient (Wildman–Crippen LogP) is 5.07. The van der Waals surface area contributed by atoms with Crippen LogP contribution >= 0.6 is 39.1 Å². The standard InChI is InChI=1S/C15H14BrCl2NO/c1-19-15(12-7-9(16)3-6-13(12)17)11-5-4-10(20-2)8-14(11)18/h3-8,15,19H,1-2H3. The molecule has 0 fully saturated rings. The maximum atomic E-state index is 6.35. The molecule has 2 rings (SSSR count). The lowest BCUT2D eigenvalue weighted by atomic mass is 9.98. The van der Waals surface area contributed by atoms with Crippen LogP contribution in [0.4, 0.5) is 0 Å². The maximum absolute atomic E-state index is 6.35. The number of halogens is 3. The van der Waals surface area contributed by atoms with Crippen LogP contribution in [-0.4, -0.2) is 14.2 Å². The molecule has 1 N–H and O–H groups in total. The molecule has 0 aromatic heterocycles. The van der Waals surface area contributed by atoms with Gasteiger partial charge in [0.25, 0.3) is 0 Å². The zero-order valence-corrected chi connectivity index (χ0v) is 14.2. The molecule has 0 aliphatic rings. The summed E-state index contributed by atoms with van der Waals surface area (Å²) in [6.45, 7) is 0. The van der Waals surface area contributed by atoms with Gasteiger partial charge in [-0.25, -0.2) is 0 Å². The molecule has 0 aliphatic heterocycles. The first-order chi connectivity index (χ1) is 9.56. The summed E-state index contributed by atoms with van der Waals surface area (Å²) in [4.78, 5) is 0. The fourth-order valence-corrected chi connectivity index (χ4v) is 2.97. The van der Waals surface area contributed by atoms with E-state index in [1.54, 1.807) is 13.2 Å². The summed E-state index contributed by atoms with van der Waals surface area (Å²) in [6.07, 6.45) is 0. The van der Waals surface area contributed by atoms with Crippen LogP contribution in [0.3, 0.4) is 0 Å². The smallest absolute Gasteiger partial charge is 0.120 e. The van der Waals surface area contributed by atoms with Crippen molar-refractivity contribution < 1.29 is 4.74 Å². The van der Waals surface area contributed by atoms with Crippen molar-refractivity contribution in [2.24, 2.45) is 0 Å². The Morgan fingerprint density at radius 2 is 1.80 bits per heavy atom. The Hall–Kier alpha value is -0.740. The zero-order valence-electron chi connectivity index (χ0n) is 11.1. The number of rotatable bonds is 4. The van der Waals surface area contributed by atoms with Crippen molar-refractivity contribution in [3.05, 3.63) is 62.0 Å². The van der Waals surface area contributed by atoms with Crippen molar-refractivity contribution in [2.45, 2.75) is 6.04 Å². The van der Waals surface area contributed by atoms with E-state index < -0.39 is 0 Å². The molecule has 1 unspecified atom stereocenters. The Morgan fingerprint density at radius 1 is 1.05 bits per heavy atom. The van der Waals surface area contributed by atoms with Crippen LogP contribution in [-0.2, 0) is 0 Å². The second-order valence-electron chi connectivity index (χ2n) is 4.27. The maximum Gasteiger partial charge on any atom is 0.120 e. The largest absolute Gasteiger partial charge is 0.497 e. The first-order valence-electron chi connectivity index (χ1n) is 6.02. The van der Waals surface area contributed by atoms with Gasteiger partial charge in [0, 0.05) is 14.5 Å². The highest BCUT2D eigenvalue weighted by Gasteiger charge is 2.18. The van der Waals surface area contributed by atoms with E-state index in [0.717, 1.165) is 21.3 Å². The van der Waals surface area contributed by atoms with Crippen LogP contribution in [0, 0.1) is 0 Å². The summed E-state index contributed by atoms with van der Waals surface area (Å²) < 4.78 is 6.15. The number of benzene rings is 2. The van der Waals surface area contributed by atoms with Crippen molar-refractivity contribution in [2.75, 3.05) is 14.2 Å². The first kappa shape index (κ1) is 15.6. The van der Waals surface area contributed by atoms with Gasteiger partial charge in [-0.3, -0.25) is 0 Å². The van der Waals surface area contributed by atoms with Crippen molar-refractivity contribution in [3.63, 3.8) is 0 Å². The number of nitrogens with one attached hydrogen (secondary N) is 1.